The summed E-state index contributed by atoms with van der Waals surface area (Å²) in [6.45, 7) is 4.09. The van der Waals surface area contributed by atoms with E-state index in [1.165, 1.54) is 0 Å². The lowest BCUT2D eigenvalue weighted by atomic mass is 9.89. The van der Waals surface area contributed by atoms with Crippen LogP contribution in [-0.4, -0.2) is 48.1 Å². The molecule has 1 aliphatic rings. The smallest absolute Gasteiger partial charge is 0.317 e. The molecule has 3 N–H and O–H groups in total. The number of rotatable bonds is 9. The second-order valence-corrected chi connectivity index (χ2v) is 7.40. The van der Waals surface area contributed by atoms with Gasteiger partial charge in [-0.15, -0.1) is 0 Å². The number of carbonyl (C=O) groups is 2. The van der Waals surface area contributed by atoms with Crippen LogP contribution < -0.4 is 10.5 Å². The van der Waals surface area contributed by atoms with E-state index in [9.17, 15) is 9.59 Å². The normalized spacial score (nSPS) is 17.0. The molecule has 7 heteroatoms. The minimum absolute atomic E-state index is 0.0901. The zero-order chi connectivity index (χ0) is 19.1. The van der Waals surface area contributed by atoms with Crippen molar-refractivity contribution in [2.75, 3.05) is 26.2 Å². The SMILES string of the molecule is C[C@@H](CCC(N)=O)COc1cccc(C2CCN(CC(=O)O)CC2)c1Cl. The van der Waals surface area contributed by atoms with Crippen LogP contribution in [0.4, 0.5) is 0 Å². The van der Waals surface area contributed by atoms with E-state index in [1.54, 1.807) is 0 Å². The van der Waals surface area contributed by atoms with Gasteiger partial charge in [0.05, 0.1) is 18.2 Å². The van der Waals surface area contributed by atoms with E-state index >= 15 is 0 Å². The number of primary amides is 1. The first-order chi connectivity index (χ1) is 12.4. The summed E-state index contributed by atoms with van der Waals surface area (Å²) in [7, 11) is 0. The van der Waals surface area contributed by atoms with Gasteiger partial charge in [-0.05, 0) is 55.8 Å². The van der Waals surface area contributed by atoms with Crippen molar-refractivity contribution in [2.24, 2.45) is 11.7 Å². The molecule has 1 heterocycles. The fourth-order valence-electron chi connectivity index (χ4n) is 3.25. The number of carboxylic acids is 1. The lowest BCUT2D eigenvalue weighted by Gasteiger charge is -2.31. The molecule has 1 fully saturated rings. The topological polar surface area (TPSA) is 92.9 Å². The first-order valence-corrected chi connectivity index (χ1v) is 9.38. The molecule has 2 rings (SSSR count). The summed E-state index contributed by atoms with van der Waals surface area (Å²) in [6.07, 6.45) is 2.80. The van der Waals surface area contributed by atoms with Gasteiger partial charge in [0.2, 0.25) is 5.91 Å². The molecule has 1 amide bonds. The Kier molecular flexibility index (Phi) is 7.72. The van der Waals surface area contributed by atoms with Crippen molar-refractivity contribution < 1.29 is 19.4 Å². The summed E-state index contributed by atoms with van der Waals surface area (Å²) < 4.78 is 5.86. The zero-order valence-electron chi connectivity index (χ0n) is 15.1. The highest BCUT2D eigenvalue weighted by atomic mass is 35.5. The van der Waals surface area contributed by atoms with Crippen molar-refractivity contribution in [1.82, 2.24) is 4.90 Å². The summed E-state index contributed by atoms with van der Waals surface area (Å²) in [4.78, 5) is 23.6. The predicted octanol–water partition coefficient (Wildman–Crippen LogP) is 2.88. The number of aliphatic carboxylic acids is 1. The second-order valence-electron chi connectivity index (χ2n) is 7.02. The molecule has 0 bridgehead atoms. The fraction of sp³-hybridized carbons (Fsp3) is 0.579. The summed E-state index contributed by atoms with van der Waals surface area (Å²) in [5, 5.41) is 9.53. The minimum atomic E-state index is -0.790. The van der Waals surface area contributed by atoms with E-state index in [0.29, 0.717) is 36.1 Å². The largest absolute Gasteiger partial charge is 0.492 e. The van der Waals surface area contributed by atoms with E-state index < -0.39 is 5.97 Å². The number of hydrogen-bond acceptors (Lipinski definition) is 4. The van der Waals surface area contributed by atoms with Gasteiger partial charge in [0.25, 0.3) is 0 Å². The Balaban J connectivity index is 1.92. The third kappa shape index (κ3) is 6.18. The van der Waals surface area contributed by atoms with Gasteiger partial charge in [-0.3, -0.25) is 14.5 Å². The van der Waals surface area contributed by atoms with Crippen LogP contribution in [0.2, 0.25) is 5.02 Å². The van der Waals surface area contributed by atoms with Gasteiger partial charge in [0.15, 0.2) is 0 Å². The highest BCUT2D eigenvalue weighted by molar-refractivity contribution is 6.32. The Morgan fingerprint density at radius 3 is 2.69 bits per heavy atom. The van der Waals surface area contributed by atoms with Gasteiger partial charge in [-0.2, -0.15) is 0 Å². The van der Waals surface area contributed by atoms with Gasteiger partial charge < -0.3 is 15.6 Å². The van der Waals surface area contributed by atoms with Crippen molar-refractivity contribution in [1.29, 1.82) is 0 Å². The number of piperidine rings is 1. The lowest BCUT2D eigenvalue weighted by molar-refractivity contribution is -0.138. The second kappa shape index (κ2) is 9.78. The van der Waals surface area contributed by atoms with Crippen molar-refractivity contribution in [3.8, 4) is 5.75 Å². The molecular weight excluding hydrogens is 356 g/mol. The molecule has 1 aliphatic heterocycles. The number of ether oxygens (including phenoxy) is 1. The van der Waals surface area contributed by atoms with Crippen LogP contribution in [0.25, 0.3) is 0 Å². The number of amides is 1. The number of nitrogens with zero attached hydrogens (tertiary/aromatic N) is 1. The molecule has 0 radical (unpaired) electrons. The molecule has 0 aromatic heterocycles. The molecule has 144 valence electrons. The van der Waals surface area contributed by atoms with Gasteiger partial charge >= 0.3 is 5.97 Å². The van der Waals surface area contributed by atoms with Crippen molar-refractivity contribution in [3.05, 3.63) is 28.8 Å². The van der Waals surface area contributed by atoms with Crippen LogP contribution in [0.3, 0.4) is 0 Å². The van der Waals surface area contributed by atoms with Crippen LogP contribution in [0.5, 0.6) is 5.75 Å². The standard InChI is InChI=1S/C19H27ClN2O4/c1-13(5-6-17(21)23)12-26-16-4-2-3-15(19(16)20)14-7-9-22(10-8-14)11-18(24)25/h2-4,13-14H,5-12H2,1H3,(H2,21,23)(H,24,25)/t13-/m0/s1. The Bertz CT molecular complexity index is 630. The molecule has 1 saturated heterocycles. The summed E-state index contributed by atoms with van der Waals surface area (Å²) >= 11 is 6.57. The molecule has 6 nitrogen and oxygen atoms in total. The summed E-state index contributed by atoms with van der Waals surface area (Å²) in [6, 6.07) is 5.81. The maximum atomic E-state index is 10.9. The van der Waals surface area contributed by atoms with E-state index in [-0.39, 0.29) is 18.4 Å². The Labute approximate surface area is 159 Å². The molecular formula is C19H27ClN2O4. The third-order valence-corrected chi connectivity index (χ3v) is 5.19. The average Bonchev–Trinajstić information content (AvgIpc) is 2.59. The number of hydrogen-bond donors (Lipinski definition) is 2. The van der Waals surface area contributed by atoms with E-state index in [1.807, 2.05) is 30.0 Å². The molecule has 1 aromatic carbocycles. The number of carboxylic acid groups (broad SMARTS) is 1. The summed E-state index contributed by atoms with van der Waals surface area (Å²) in [5.41, 5.74) is 6.23. The van der Waals surface area contributed by atoms with Gasteiger partial charge in [-0.25, -0.2) is 0 Å². The Morgan fingerprint density at radius 2 is 2.08 bits per heavy atom. The van der Waals surface area contributed by atoms with E-state index in [2.05, 4.69) is 0 Å². The zero-order valence-corrected chi connectivity index (χ0v) is 15.9. The van der Waals surface area contributed by atoms with Crippen LogP contribution >= 0.6 is 11.6 Å². The molecule has 0 unspecified atom stereocenters. The molecule has 0 aliphatic carbocycles. The maximum Gasteiger partial charge on any atom is 0.317 e. The van der Waals surface area contributed by atoms with Gasteiger partial charge in [0.1, 0.15) is 5.75 Å². The first-order valence-electron chi connectivity index (χ1n) is 9.00. The Hall–Kier alpha value is -1.79. The number of halogens is 1. The van der Waals surface area contributed by atoms with Crippen molar-refractivity contribution >= 4 is 23.5 Å². The highest BCUT2D eigenvalue weighted by Gasteiger charge is 2.24. The minimum Gasteiger partial charge on any atom is -0.492 e. The third-order valence-electron chi connectivity index (χ3n) is 4.79. The van der Waals surface area contributed by atoms with Crippen LogP contribution in [-0.2, 0) is 9.59 Å². The van der Waals surface area contributed by atoms with Gasteiger partial charge in [-0.1, -0.05) is 30.7 Å². The van der Waals surface area contributed by atoms with Crippen LogP contribution in [0, 0.1) is 5.92 Å². The molecule has 0 spiro atoms. The number of benzene rings is 1. The monoisotopic (exact) mass is 382 g/mol. The average molecular weight is 383 g/mol. The van der Waals surface area contributed by atoms with E-state index in [0.717, 1.165) is 31.5 Å². The predicted molar refractivity (Wildman–Crippen MR) is 101 cm³/mol. The lowest BCUT2D eigenvalue weighted by Crippen LogP contribution is -2.36. The fourth-order valence-corrected chi connectivity index (χ4v) is 3.59. The highest BCUT2D eigenvalue weighted by Crippen LogP contribution is 2.37. The number of nitrogens with two attached hydrogens (primary N) is 1. The number of carbonyl (C=O) groups excluding carboxylic acids is 1. The van der Waals surface area contributed by atoms with Crippen molar-refractivity contribution in [3.63, 3.8) is 0 Å². The maximum absolute atomic E-state index is 10.9. The summed E-state index contributed by atoms with van der Waals surface area (Å²) in [5.74, 6) is 0.0846. The van der Waals surface area contributed by atoms with E-state index in [4.69, 9.17) is 27.2 Å². The van der Waals surface area contributed by atoms with Crippen molar-refractivity contribution in [2.45, 2.75) is 38.5 Å². The molecule has 1 aromatic rings. The van der Waals surface area contributed by atoms with Gasteiger partial charge in [0, 0.05) is 6.42 Å². The first kappa shape index (κ1) is 20.5. The van der Waals surface area contributed by atoms with Crippen LogP contribution in [0.15, 0.2) is 18.2 Å². The quantitative estimate of drug-likeness (QED) is 0.685. The van der Waals surface area contributed by atoms with Crippen LogP contribution in [0.1, 0.15) is 44.1 Å². The Morgan fingerprint density at radius 1 is 1.38 bits per heavy atom. The molecule has 1 atom stereocenters. The molecule has 26 heavy (non-hydrogen) atoms. The number of likely N-dealkylation sites (tertiary alicyclic amines) is 1. The molecule has 0 saturated carbocycles.